The zero-order valence-electron chi connectivity index (χ0n) is 20.5. The Morgan fingerprint density at radius 2 is 1.63 bits per heavy atom. The summed E-state index contributed by atoms with van der Waals surface area (Å²) in [5, 5.41) is 13.9. The summed E-state index contributed by atoms with van der Waals surface area (Å²) in [6, 6.07) is 25.2. The van der Waals surface area contributed by atoms with Gasteiger partial charge in [0, 0.05) is 21.8 Å². The van der Waals surface area contributed by atoms with Crippen LogP contribution in [0.5, 0.6) is 5.75 Å². The number of hydrogen-bond donors (Lipinski definition) is 1. The van der Waals surface area contributed by atoms with E-state index in [-0.39, 0.29) is 11.7 Å². The Kier molecular flexibility index (Phi) is 8.64. The maximum Gasteiger partial charge on any atom is 0.337 e. The van der Waals surface area contributed by atoms with Crippen molar-refractivity contribution in [2.75, 3.05) is 25.3 Å². The highest BCUT2D eigenvalue weighted by Crippen LogP contribution is 2.35. The lowest BCUT2D eigenvalue weighted by Crippen LogP contribution is -2.14. The second kappa shape index (κ2) is 12.3. The third-order valence-corrected chi connectivity index (χ3v) is 6.80. The molecule has 190 valence electrons. The number of ether oxygens (including phenoxy) is 2. The van der Waals surface area contributed by atoms with Gasteiger partial charge >= 0.3 is 5.97 Å². The van der Waals surface area contributed by atoms with Crippen molar-refractivity contribution >= 4 is 40.9 Å². The molecule has 0 saturated carbocycles. The number of amides is 1. The van der Waals surface area contributed by atoms with Gasteiger partial charge in [-0.2, -0.15) is 5.26 Å². The number of nitrogens with zero attached hydrogens (tertiary/aromatic N) is 2. The molecule has 4 rings (SSSR count). The number of rotatable bonds is 8. The molecule has 0 aliphatic carbocycles. The Labute approximate surface area is 229 Å². The third-order valence-electron chi connectivity index (χ3n) is 5.57. The van der Waals surface area contributed by atoms with Gasteiger partial charge in [0.25, 0.3) is 0 Å². The van der Waals surface area contributed by atoms with Crippen LogP contribution in [-0.2, 0) is 9.53 Å². The Balaban J connectivity index is 1.63. The van der Waals surface area contributed by atoms with E-state index in [1.54, 1.807) is 43.5 Å². The number of aromatic nitrogens is 1. The Hall–Kier alpha value is -4.32. The van der Waals surface area contributed by atoms with Crippen molar-refractivity contribution in [3.8, 4) is 34.2 Å². The van der Waals surface area contributed by atoms with Gasteiger partial charge in [-0.3, -0.25) is 4.79 Å². The number of nitriles is 1. The summed E-state index contributed by atoms with van der Waals surface area (Å²) in [5.41, 5.74) is 4.26. The molecule has 4 aromatic rings. The van der Waals surface area contributed by atoms with Gasteiger partial charge in [0.15, 0.2) is 0 Å². The Morgan fingerprint density at radius 1 is 0.974 bits per heavy atom. The molecular formula is C29H22ClN3O4S. The third kappa shape index (κ3) is 6.32. The van der Waals surface area contributed by atoms with E-state index < -0.39 is 5.97 Å². The minimum atomic E-state index is -0.457. The number of carbonyl (C=O) groups is 2. The summed E-state index contributed by atoms with van der Waals surface area (Å²) in [6.07, 6.45) is 0. The molecule has 1 aromatic heterocycles. The first-order valence-electron chi connectivity index (χ1n) is 11.4. The largest absolute Gasteiger partial charge is 0.497 e. The highest BCUT2D eigenvalue weighted by atomic mass is 35.5. The zero-order valence-corrected chi connectivity index (χ0v) is 22.1. The van der Waals surface area contributed by atoms with Crippen molar-refractivity contribution in [1.82, 2.24) is 4.98 Å². The summed E-state index contributed by atoms with van der Waals surface area (Å²) >= 11 is 7.24. The number of thioether (sulfide) groups is 1. The summed E-state index contributed by atoms with van der Waals surface area (Å²) in [5.74, 6) is -0.0201. The normalized spacial score (nSPS) is 10.4. The number of esters is 1. The van der Waals surface area contributed by atoms with E-state index in [0.29, 0.717) is 43.9 Å². The molecule has 38 heavy (non-hydrogen) atoms. The molecule has 9 heteroatoms. The average molecular weight is 544 g/mol. The molecule has 1 N–H and O–H groups in total. The molecule has 1 amide bonds. The van der Waals surface area contributed by atoms with Gasteiger partial charge < -0.3 is 14.8 Å². The molecule has 0 atom stereocenters. The Bertz CT molecular complexity index is 1500. The summed E-state index contributed by atoms with van der Waals surface area (Å²) < 4.78 is 9.96. The van der Waals surface area contributed by atoms with Gasteiger partial charge in [0.2, 0.25) is 5.91 Å². The van der Waals surface area contributed by atoms with Crippen LogP contribution in [0.1, 0.15) is 15.9 Å². The van der Waals surface area contributed by atoms with Crippen LogP contribution in [0.25, 0.3) is 22.4 Å². The summed E-state index contributed by atoms with van der Waals surface area (Å²) in [7, 11) is 2.90. The number of anilines is 1. The number of methoxy groups -OCH3 is 2. The van der Waals surface area contributed by atoms with Crippen LogP contribution in [0.3, 0.4) is 0 Å². The predicted molar refractivity (Wildman–Crippen MR) is 149 cm³/mol. The fourth-order valence-electron chi connectivity index (χ4n) is 3.64. The number of hydrogen-bond acceptors (Lipinski definition) is 7. The van der Waals surface area contributed by atoms with Gasteiger partial charge in [-0.05, 0) is 60.2 Å². The molecule has 0 unspecified atom stereocenters. The van der Waals surface area contributed by atoms with Crippen LogP contribution in [-0.4, -0.2) is 36.8 Å². The van der Waals surface area contributed by atoms with E-state index in [2.05, 4.69) is 11.4 Å². The lowest BCUT2D eigenvalue weighted by atomic mass is 9.99. The van der Waals surface area contributed by atoms with Gasteiger partial charge in [0.05, 0.1) is 36.8 Å². The van der Waals surface area contributed by atoms with Crippen LogP contribution < -0.4 is 10.1 Å². The van der Waals surface area contributed by atoms with Crippen LogP contribution in [0.2, 0.25) is 5.02 Å². The molecule has 7 nitrogen and oxygen atoms in total. The highest BCUT2D eigenvalue weighted by molar-refractivity contribution is 8.00. The molecule has 1 heterocycles. The predicted octanol–water partition coefficient (Wildman–Crippen LogP) is 6.47. The van der Waals surface area contributed by atoms with E-state index >= 15 is 0 Å². The van der Waals surface area contributed by atoms with Crippen molar-refractivity contribution in [3.63, 3.8) is 0 Å². The van der Waals surface area contributed by atoms with Gasteiger partial charge in [-0.25, -0.2) is 9.78 Å². The van der Waals surface area contributed by atoms with Crippen LogP contribution >= 0.6 is 23.4 Å². The molecule has 0 aliphatic rings. The summed E-state index contributed by atoms with van der Waals surface area (Å²) in [6.45, 7) is 0. The lowest BCUT2D eigenvalue weighted by Gasteiger charge is -2.13. The number of pyridine rings is 1. The minimum Gasteiger partial charge on any atom is -0.497 e. The van der Waals surface area contributed by atoms with E-state index in [9.17, 15) is 14.9 Å². The average Bonchev–Trinajstić information content (AvgIpc) is 2.96. The molecule has 3 aromatic carbocycles. The van der Waals surface area contributed by atoms with Crippen molar-refractivity contribution < 1.29 is 19.1 Å². The zero-order chi connectivity index (χ0) is 27.1. The second-order valence-electron chi connectivity index (χ2n) is 7.99. The molecule has 0 bridgehead atoms. The van der Waals surface area contributed by atoms with Gasteiger partial charge in [-0.15, -0.1) is 0 Å². The first-order chi connectivity index (χ1) is 18.4. The molecular weight excluding hydrogens is 522 g/mol. The molecule has 0 radical (unpaired) electrons. The monoisotopic (exact) mass is 543 g/mol. The van der Waals surface area contributed by atoms with Crippen molar-refractivity contribution in [1.29, 1.82) is 5.26 Å². The molecule has 0 aliphatic heterocycles. The van der Waals surface area contributed by atoms with Crippen LogP contribution in [0, 0.1) is 11.3 Å². The lowest BCUT2D eigenvalue weighted by molar-refractivity contribution is -0.113. The van der Waals surface area contributed by atoms with E-state index in [1.807, 2.05) is 42.5 Å². The first-order valence-corrected chi connectivity index (χ1v) is 12.7. The van der Waals surface area contributed by atoms with Gasteiger partial charge in [0.1, 0.15) is 16.8 Å². The van der Waals surface area contributed by atoms with Crippen LogP contribution in [0.15, 0.2) is 83.9 Å². The number of nitrogens with one attached hydrogen (secondary N) is 1. The van der Waals surface area contributed by atoms with Crippen molar-refractivity contribution in [3.05, 3.63) is 95.0 Å². The van der Waals surface area contributed by atoms with Crippen molar-refractivity contribution in [2.24, 2.45) is 0 Å². The first kappa shape index (κ1) is 26.7. The second-order valence-corrected chi connectivity index (χ2v) is 9.39. The minimum absolute atomic E-state index is 0.0204. The van der Waals surface area contributed by atoms with E-state index in [4.69, 9.17) is 26.1 Å². The molecule has 0 fully saturated rings. The Morgan fingerprint density at radius 3 is 2.24 bits per heavy atom. The number of halogens is 1. The standard InChI is InChI=1S/C29H22ClN3O4S/c1-36-23-13-7-18(8-14-23)24-15-26(19-3-9-21(30)10-4-19)33-28(25(24)16-31)38-17-27(34)32-22-11-5-20(6-12-22)29(35)37-2/h3-15H,17H2,1-2H3,(H,32,34). The smallest absolute Gasteiger partial charge is 0.337 e. The summed E-state index contributed by atoms with van der Waals surface area (Å²) in [4.78, 5) is 29.1. The van der Waals surface area contributed by atoms with E-state index in [0.717, 1.165) is 11.1 Å². The number of carbonyl (C=O) groups excluding carboxylic acids is 2. The maximum absolute atomic E-state index is 12.7. The number of benzene rings is 3. The van der Waals surface area contributed by atoms with Crippen molar-refractivity contribution in [2.45, 2.75) is 5.03 Å². The molecule has 0 spiro atoms. The maximum atomic E-state index is 12.7. The van der Waals surface area contributed by atoms with Gasteiger partial charge in [-0.1, -0.05) is 47.6 Å². The van der Waals surface area contributed by atoms with E-state index in [1.165, 1.54) is 18.9 Å². The van der Waals surface area contributed by atoms with Crippen LogP contribution in [0.4, 0.5) is 5.69 Å². The fourth-order valence-corrected chi connectivity index (χ4v) is 4.57. The fraction of sp³-hybridized carbons (Fsp3) is 0.103. The SMILES string of the molecule is COC(=O)c1ccc(NC(=O)CSc2nc(-c3ccc(Cl)cc3)cc(-c3ccc(OC)cc3)c2C#N)cc1. The highest BCUT2D eigenvalue weighted by Gasteiger charge is 2.17. The quantitative estimate of drug-likeness (QED) is 0.201. The topological polar surface area (TPSA) is 101 Å². The molecule has 0 saturated heterocycles.